The Morgan fingerprint density at radius 3 is 2.56 bits per heavy atom. The number of hydrogen-bond acceptors (Lipinski definition) is 4. The van der Waals surface area contributed by atoms with Crippen molar-refractivity contribution >= 4 is 17.3 Å². The van der Waals surface area contributed by atoms with Crippen molar-refractivity contribution < 1.29 is 9.90 Å². The molecule has 2 rings (SSSR count). The molecule has 0 saturated heterocycles. The van der Waals surface area contributed by atoms with Crippen molar-refractivity contribution in [2.24, 2.45) is 10.2 Å². The molecule has 0 fully saturated rings. The third kappa shape index (κ3) is 2.19. The van der Waals surface area contributed by atoms with E-state index in [1.165, 1.54) is 12.1 Å². The Morgan fingerprint density at radius 1 is 1.22 bits per heavy atom. The molecule has 1 aromatic heterocycles. The van der Waals surface area contributed by atoms with Gasteiger partial charge in [0.05, 0.1) is 11.3 Å². The lowest BCUT2D eigenvalue weighted by Crippen LogP contribution is -1.97. The van der Waals surface area contributed by atoms with Crippen LogP contribution in [0, 0.1) is 6.92 Å². The first kappa shape index (κ1) is 11.8. The second-order valence-corrected chi connectivity index (χ2v) is 3.58. The molecule has 0 saturated carbocycles. The van der Waals surface area contributed by atoms with E-state index < -0.39 is 11.5 Å². The van der Waals surface area contributed by atoms with Gasteiger partial charge in [0.25, 0.3) is 5.56 Å². The Morgan fingerprint density at radius 2 is 1.94 bits per heavy atom. The summed E-state index contributed by atoms with van der Waals surface area (Å²) in [6.07, 6.45) is 0. The number of aryl methyl sites for hydroxylation is 1. The summed E-state index contributed by atoms with van der Waals surface area (Å²) in [5.74, 6) is -1.09. The van der Waals surface area contributed by atoms with Gasteiger partial charge in [0.15, 0.2) is 5.69 Å². The molecule has 0 unspecified atom stereocenters. The lowest BCUT2D eigenvalue weighted by atomic mass is 10.2. The topological polar surface area (TPSA) is 111 Å². The minimum Gasteiger partial charge on any atom is -0.478 e. The highest BCUT2D eigenvalue weighted by Crippen LogP contribution is 2.21. The van der Waals surface area contributed by atoms with Crippen LogP contribution in [0.3, 0.4) is 0 Å². The molecular weight excluding hydrogens is 236 g/mol. The van der Waals surface area contributed by atoms with E-state index in [0.29, 0.717) is 5.69 Å². The average Bonchev–Trinajstić information content (AvgIpc) is 2.67. The summed E-state index contributed by atoms with van der Waals surface area (Å²) >= 11 is 0. The number of aromatic amines is 2. The fourth-order valence-corrected chi connectivity index (χ4v) is 1.41. The van der Waals surface area contributed by atoms with Gasteiger partial charge in [0.2, 0.25) is 0 Å². The van der Waals surface area contributed by atoms with Crippen LogP contribution in [0.4, 0.5) is 11.4 Å². The van der Waals surface area contributed by atoms with Crippen LogP contribution in [0.15, 0.2) is 39.3 Å². The first-order chi connectivity index (χ1) is 8.59. The van der Waals surface area contributed by atoms with Gasteiger partial charge in [-0.25, -0.2) is 4.79 Å². The molecule has 7 heteroatoms. The number of nitrogens with one attached hydrogen (secondary N) is 2. The van der Waals surface area contributed by atoms with Crippen LogP contribution in [-0.2, 0) is 0 Å². The predicted octanol–water partition coefficient (Wildman–Crippen LogP) is 2.13. The standard InChI is InChI=1S/C11H10N4O3/c1-6-9(10(16)15-12-6)14-13-8-5-3-2-4-7(8)11(17)18/h2-5H,1H3,(H,17,18)(H2,12,15,16). The van der Waals surface area contributed by atoms with Crippen molar-refractivity contribution in [3.05, 3.63) is 45.9 Å². The van der Waals surface area contributed by atoms with Gasteiger partial charge in [-0.05, 0) is 19.1 Å². The van der Waals surface area contributed by atoms with E-state index in [1.54, 1.807) is 19.1 Å². The molecule has 0 spiro atoms. The van der Waals surface area contributed by atoms with Gasteiger partial charge < -0.3 is 10.2 Å². The Bertz CT molecular complexity index is 669. The first-order valence-electron chi connectivity index (χ1n) is 5.11. The van der Waals surface area contributed by atoms with Crippen LogP contribution in [0.1, 0.15) is 16.1 Å². The summed E-state index contributed by atoms with van der Waals surface area (Å²) in [5, 5.41) is 21.5. The predicted molar refractivity (Wildman–Crippen MR) is 63.7 cm³/mol. The van der Waals surface area contributed by atoms with Crippen molar-refractivity contribution in [1.82, 2.24) is 10.2 Å². The van der Waals surface area contributed by atoms with Gasteiger partial charge in [0, 0.05) is 0 Å². The summed E-state index contributed by atoms with van der Waals surface area (Å²) in [4.78, 5) is 22.3. The maximum atomic E-state index is 11.3. The molecule has 92 valence electrons. The molecule has 18 heavy (non-hydrogen) atoms. The van der Waals surface area contributed by atoms with Gasteiger partial charge in [-0.1, -0.05) is 12.1 Å². The van der Waals surface area contributed by atoms with Crippen molar-refractivity contribution in [1.29, 1.82) is 0 Å². The molecule has 2 aromatic rings. The highest BCUT2D eigenvalue weighted by atomic mass is 16.4. The monoisotopic (exact) mass is 246 g/mol. The third-order valence-corrected chi connectivity index (χ3v) is 2.33. The fraction of sp³-hybridized carbons (Fsp3) is 0.0909. The Hall–Kier alpha value is -2.70. The van der Waals surface area contributed by atoms with Crippen LogP contribution in [0.25, 0.3) is 0 Å². The Kier molecular flexibility index (Phi) is 3.05. The lowest BCUT2D eigenvalue weighted by molar-refractivity contribution is 0.0698. The second kappa shape index (κ2) is 4.66. The van der Waals surface area contributed by atoms with Crippen LogP contribution in [-0.4, -0.2) is 21.3 Å². The van der Waals surface area contributed by atoms with Gasteiger partial charge in [-0.2, -0.15) is 0 Å². The van der Waals surface area contributed by atoms with E-state index in [4.69, 9.17) is 5.11 Å². The van der Waals surface area contributed by atoms with E-state index >= 15 is 0 Å². The third-order valence-electron chi connectivity index (χ3n) is 2.33. The van der Waals surface area contributed by atoms with E-state index in [1.807, 2.05) is 0 Å². The van der Waals surface area contributed by atoms with Crippen LogP contribution < -0.4 is 5.56 Å². The molecule has 0 atom stereocenters. The molecule has 0 amide bonds. The summed E-state index contributed by atoms with van der Waals surface area (Å²) in [6, 6.07) is 6.18. The molecule has 0 aliphatic carbocycles. The number of hydrogen-bond donors (Lipinski definition) is 3. The van der Waals surface area contributed by atoms with E-state index in [9.17, 15) is 9.59 Å². The van der Waals surface area contributed by atoms with Crippen LogP contribution in [0.2, 0.25) is 0 Å². The van der Waals surface area contributed by atoms with Crippen molar-refractivity contribution in [3.8, 4) is 0 Å². The molecule has 7 nitrogen and oxygen atoms in total. The number of azo groups is 1. The zero-order chi connectivity index (χ0) is 13.1. The maximum absolute atomic E-state index is 11.3. The number of aromatic nitrogens is 2. The van der Waals surface area contributed by atoms with Crippen LogP contribution >= 0.6 is 0 Å². The van der Waals surface area contributed by atoms with Crippen LogP contribution in [0.5, 0.6) is 0 Å². The molecule has 1 heterocycles. The zero-order valence-electron chi connectivity index (χ0n) is 9.47. The number of nitrogens with zero attached hydrogens (tertiary/aromatic N) is 2. The quantitative estimate of drug-likeness (QED) is 0.721. The van der Waals surface area contributed by atoms with Gasteiger partial charge >= 0.3 is 5.97 Å². The highest BCUT2D eigenvalue weighted by Gasteiger charge is 2.09. The van der Waals surface area contributed by atoms with E-state index in [0.717, 1.165) is 0 Å². The largest absolute Gasteiger partial charge is 0.478 e. The van der Waals surface area contributed by atoms with E-state index in [2.05, 4.69) is 20.4 Å². The molecule has 1 aromatic carbocycles. The molecule has 0 aliphatic rings. The van der Waals surface area contributed by atoms with Gasteiger partial charge in [-0.3, -0.25) is 9.89 Å². The fourth-order valence-electron chi connectivity index (χ4n) is 1.41. The molecule has 0 aliphatic heterocycles. The lowest BCUT2D eigenvalue weighted by Gasteiger charge is -1.97. The normalized spacial score (nSPS) is 10.9. The number of carboxylic acid groups (broad SMARTS) is 1. The number of H-pyrrole nitrogens is 2. The molecule has 3 N–H and O–H groups in total. The molecular formula is C11H10N4O3. The summed E-state index contributed by atoms with van der Waals surface area (Å²) in [5.41, 5.74) is 0.506. The Balaban J connectivity index is 2.41. The SMILES string of the molecule is Cc1[nH][nH]c(=O)c1N=Nc1ccccc1C(=O)O. The van der Waals surface area contributed by atoms with Crippen molar-refractivity contribution in [3.63, 3.8) is 0 Å². The summed E-state index contributed by atoms with van der Waals surface area (Å²) in [6.45, 7) is 1.66. The van der Waals surface area contributed by atoms with Crippen molar-refractivity contribution in [2.75, 3.05) is 0 Å². The maximum Gasteiger partial charge on any atom is 0.337 e. The van der Waals surface area contributed by atoms with Gasteiger partial charge in [-0.15, -0.1) is 10.2 Å². The minimum atomic E-state index is -1.09. The Labute approximate surface area is 101 Å². The average molecular weight is 246 g/mol. The second-order valence-electron chi connectivity index (χ2n) is 3.58. The summed E-state index contributed by atoms with van der Waals surface area (Å²) in [7, 11) is 0. The highest BCUT2D eigenvalue weighted by molar-refractivity contribution is 5.93. The van der Waals surface area contributed by atoms with E-state index in [-0.39, 0.29) is 16.9 Å². The number of carboxylic acids is 1. The smallest absolute Gasteiger partial charge is 0.337 e. The van der Waals surface area contributed by atoms with Crippen molar-refractivity contribution in [2.45, 2.75) is 6.92 Å². The number of rotatable bonds is 3. The number of aromatic carboxylic acids is 1. The number of benzene rings is 1. The minimum absolute atomic E-state index is 0.0332. The zero-order valence-corrected chi connectivity index (χ0v) is 9.47. The van der Waals surface area contributed by atoms with Gasteiger partial charge in [0.1, 0.15) is 5.69 Å². The molecule has 0 bridgehead atoms. The summed E-state index contributed by atoms with van der Waals surface area (Å²) < 4.78 is 0. The number of carbonyl (C=O) groups is 1. The molecule has 0 radical (unpaired) electrons. The first-order valence-corrected chi connectivity index (χ1v) is 5.11.